The van der Waals surface area contributed by atoms with E-state index >= 15 is 0 Å². The number of sulfonamides is 1. The summed E-state index contributed by atoms with van der Waals surface area (Å²) < 4.78 is 32.7. The Morgan fingerprint density at radius 3 is 2.79 bits per heavy atom. The second kappa shape index (κ2) is 5.06. The van der Waals surface area contributed by atoms with Crippen LogP contribution < -0.4 is 15.2 Å². The third-order valence-electron chi connectivity index (χ3n) is 2.65. The van der Waals surface area contributed by atoms with Crippen molar-refractivity contribution < 1.29 is 22.7 Å². The van der Waals surface area contributed by atoms with E-state index in [0.29, 0.717) is 17.9 Å². The first-order valence-electron chi connectivity index (χ1n) is 5.57. The fourth-order valence-electron chi connectivity index (χ4n) is 1.67. The van der Waals surface area contributed by atoms with Crippen molar-refractivity contribution in [1.82, 2.24) is 5.32 Å². The number of benzene rings is 1. The molecule has 1 aliphatic rings. The molecule has 1 saturated heterocycles. The lowest BCUT2D eigenvalue weighted by molar-refractivity contribution is 0.104. The van der Waals surface area contributed by atoms with Gasteiger partial charge in [-0.15, -0.1) is 0 Å². The van der Waals surface area contributed by atoms with Crippen molar-refractivity contribution in [2.24, 2.45) is 5.14 Å². The van der Waals surface area contributed by atoms with Crippen LogP contribution in [0.25, 0.3) is 0 Å². The zero-order valence-corrected chi connectivity index (χ0v) is 11.1. The monoisotopic (exact) mass is 286 g/mol. The molecule has 1 aromatic carbocycles. The Balaban J connectivity index is 2.03. The van der Waals surface area contributed by atoms with Crippen LogP contribution in [0, 0.1) is 6.92 Å². The minimum Gasteiger partial charge on any atom is -0.489 e. The lowest BCUT2D eigenvalue weighted by Crippen LogP contribution is -2.22. The lowest BCUT2D eigenvalue weighted by Gasteiger charge is -2.12. The van der Waals surface area contributed by atoms with Gasteiger partial charge in [-0.1, -0.05) is 0 Å². The number of carbonyl (C=O) groups is 1. The predicted molar refractivity (Wildman–Crippen MR) is 66.3 cm³/mol. The number of primary sulfonamides is 1. The smallest absolute Gasteiger partial charge is 0.407 e. The molecule has 0 aromatic heterocycles. The molecule has 1 atom stereocenters. The third-order valence-corrected chi connectivity index (χ3v) is 3.56. The maximum atomic E-state index is 11.2. The van der Waals surface area contributed by atoms with E-state index in [0.717, 1.165) is 0 Å². The van der Waals surface area contributed by atoms with E-state index in [4.69, 9.17) is 14.6 Å². The van der Waals surface area contributed by atoms with Crippen LogP contribution in [0.2, 0.25) is 0 Å². The Kier molecular flexibility index (Phi) is 3.63. The van der Waals surface area contributed by atoms with Crippen LogP contribution in [0.5, 0.6) is 5.75 Å². The number of amides is 1. The van der Waals surface area contributed by atoms with Gasteiger partial charge < -0.3 is 14.8 Å². The van der Waals surface area contributed by atoms with E-state index < -0.39 is 16.1 Å². The van der Waals surface area contributed by atoms with E-state index in [2.05, 4.69) is 5.32 Å². The van der Waals surface area contributed by atoms with Gasteiger partial charge in [0.15, 0.2) is 6.10 Å². The molecule has 104 valence electrons. The van der Waals surface area contributed by atoms with E-state index in [9.17, 15) is 13.2 Å². The number of ether oxygens (including phenoxy) is 2. The Bertz CT molecular complexity index is 599. The Morgan fingerprint density at radius 1 is 1.53 bits per heavy atom. The highest BCUT2D eigenvalue weighted by atomic mass is 32.2. The van der Waals surface area contributed by atoms with Crippen LogP contribution >= 0.6 is 0 Å². The molecule has 0 saturated carbocycles. The van der Waals surface area contributed by atoms with E-state index in [-0.39, 0.29) is 17.6 Å². The summed E-state index contributed by atoms with van der Waals surface area (Å²) in [5.74, 6) is 0.523. The SMILES string of the molecule is Cc1cc(S(N)(=O)=O)ccc1OCC1CNC(=O)O1. The summed E-state index contributed by atoms with van der Waals surface area (Å²) >= 11 is 0. The van der Waals surface area contributed by atoms with E-state index in [1.54, 1.807) is 6.92 Å². The molecule has 0 bridgehead atoms. The summed E-state index contributed by atoms with van der Waals surface area (Å²) in [6.07, 6.45) is -0.806. The van der Waals surface area contributed by atoms with Crippen molar-refractivity contribution in [3.63, 3.8) is 0 Å². The number of rotatable bonds is 4. The van der Waals surface area contributed by atoms with Gasteiger partial charge in [-0.3, -0.25) is 0 Å². The number of alkyl carbamates (subject to hydrolysis) is 1. The van der Waals surface area contributed by atoms with Gasteiger partial charge in [0.1, 0.15) is 12.4 Å². The zero-order chi connectivity index (χ0) is 14.0. The van der Waals surface area contributed by atoms with Gasteiger partial charge in [0, 0.05) is 0 Å². The third kappa shape index (κ3) is 3.36. The number of carbonyl (C=O) groups excluding carboxylic acids is 1. The molecule has 2 rings (SSSR count). The molecule has 1 unspecified atom stereocenters. The molecule has 0 radical (unpaired) electrons. The fourth-order valence-corrected chi connectivity index (χ4v) is 2.27. The average Bonchev–Trinajstić information content (AvgIpc) is 2.72. The van der Waals surface area contributed by atoms with Crippen LogP contribution in [-0.4, -0.2) is 33.8 Å². The number of aryl methyl sites for hydroxylation is 1. The number of nitrogens with one attached hydrogen (secondary N) is 1. The van der Waals surface area contributed by atoms with Crippen LogP contribution in [0.15, 0.2) is 23.1 Å². The molecule has 0 aliphatic carbocycles. The second-order valence-electron chi connectivity index (χ2n) is 4.19. The Hall–Kier alpha value is -1.80. The molecule has 1 aromatic rings. The Morgan fingerprint density at radius 2 is 2.26 bits per heavy atom. The highest BCUT2D eigenvalue weighted by Gasteiger charge is 2.23. The molecule has 3 N–H and O–H groups in total. The maximum Gasteiger partial charge on any atom is 0.407 e. The molecule has 1 amide bonds. The van der Waals surface area contributed by atoms with Gasteiger partial charge in [0.05, 0.1) is 11.4 Å². The molecular weight excluding hydrogens is 272 g/mol. The molecule has 8 heteroatoms. The molecule has 7 nitrogen and oxygen atoms in total. The standard InChI is InChI=1S/C11H14N2O5S/c1-7-4-9(19(12,15)16)2-3-10(7)17-6-8-5-13-11(14)18-8/h2-4,8H,5-6H2,1H3,(H,13,14)(H2,12,15,16). The molecule has 1 aliphatic heterocycles. The van der Waals surface area contributed by atoms with Gasteiger partial charge in [-0.05, 0) is 30.7 Å². The van der Waals surface area contributed by atoms with Crippen molar-refractivity contribution >= 4 is 16.1 Å². The summed E-state index contributed by atoms with van der Waals surface area (Å²) in [5.41, 5.74) is 0.642. The van der Waals surface area contributed by atoms with Gasteiger partial charge in [0.2, 0.25) is 10.0 Å². The van der Waals surface area contributed by atoms with Gasteiger partial charge in [-0.25, -0.2) is 18.4 Å². The van der Waals surface area contributed by atoms with Crippen molar-refractivity contribution in [1.29, 1.82) is 0 Å². The number of nitrogens with two attached hydrogens (primary N) is 1. The van der Waals surface area contributed by atoms with E-state index in [1.807, 2.05) is 0 Å². The number of hydrogen-bond acceptors (Lipinski definition) is 5. The van der Waals surface area contributed by atoms with Crippen LogP contribution in [0.1, 0.15) is 5.56 Å². The highest BCUT2D eigenvalue weighted by Crippen LogP contribution is 2.21. The minimum absolute atomic E-state index is 0.0336. The second-order valence-corrected chi connectivity index (χ2v) is 5.75. The van der Waals surface area contributed by atoms with Gasteiger partial charge in [0.25, 0.3) is 0 Å². The van der Waals surface area contributed by atoms with Crippen molar-refractivity contribution in [2.45, 2.75) is 17.9 Å². The summed E-state index contributed by atoms with van der Waals surface area (Å²) in [4.78, 5) is 10.9. The predicted octanol–water partition coefficient (Wildman–Crippen LogP) is 0.130. The quantitative estimate of drug-likeness (QED) is 0.818. The summed E-state index contributed by atoms with van der Waals surface area (Å²) in [5, 5.41) is 7.54. The number of cyclic esters (lactones) is 1. The lowest BCUT2D eigenvalue weighted by atomic mass is 10.2. The topological polar surface area (TPSA) is 108 Å². The molecule has 1 heterocycles. The summed E-state index contributed by atoms with van der Waals surface area (Å²) in [6, 6.07) is 4.33. The van der Waals surface area contributed by atoms with Crippen LogP contribution in [-0.2, 0) is 14.8 Å². The van der Waals surface area contributed by atoms with Crippen molar-refractivity contribution in [3.05, 3.63) is 23.8 Å². The molecular formula is C11H14N2O5S. The van der Waals surface area contributed by atoms with E-state index in [1.165, 1.54) is 18.2 Å². The largest absolute Gasteiger partial charge is 0.489 e. The van der Waals surface area contributed by atoms with Gasteiger partial charge in [-0.2, -0.15) is 0 Å². The van der Waals surface area contributed by atoms with Crippen molar-refractivity contribution in [2.75, 3.05) is 13.2 Å². The molecule has 0 spiro atoms. The first-order chi connectivity index (χ1) is 8.86. The first-order valence-corrected chi connectivity index (χ1v) is 7.11. The number of hydrogen-bond donors (Lipinski definition) is 2. The summed E-state index contributed by atoms with van der Waals surface area (Å²) in [7, 11) is -3.71. The van der Waals surface area contributed by atoms with Crippen LogP contribution in [0.4, 0.5) is 4.79 Å². The maximum absolute atomic E-state index is 11.2. The average molecular weight is 286 g/mol. The van der Waals surface area contributed by atoms with Gasteiger partial charge >= 0.3 is 6.09 Å². The zero-order valence-electron chi connectivity index (χ0n) is 10.3. The molecule has 1 fully saturated rings. The highest BCUT2D eigenvalue weighted by molar-refractivity contribution is 7.89. The Labute approximate surface area is 110 Å². The normalized spacial score (nSPS) is 18.8. The summed E-state index contributed by atoms with van der Waals surface area (Å²) in [6.45, 7) is 2.31. The first kappa shape index (κ1) is 13.6. The fraction of sp³-hybridized carbons (Fsp3) is 0.364. The minimum atomic E-state index is -3.71. The van der Waals surface area contributed by atoms with Crippen LogP contribution in [0.3, 0.4) is 0 Å². The molecule has 19 heavy (non-hydrogen) atoms. The van der Waals surface area contributed by atoms with Crippen molar-refractivity contribution in [3.8, 4) is 5.75 Å².